The molecule has 0 fully saturated rings. The molecule has 0 radical (unpaired) electrons. The number of hydrogen-bond acceptors (Lipinski definition) is 6. The number of benzene rings is 1. The number of carbonyl (C=O) groups is 1. The fourth-order valence-corrected chi connectivity index (χ4v) is 2.98. The van der Waals surface area contributed by atoms with Crippen LogP contribution in [0.15, 0.2) is 17.0 Å². The molecular weight excluding hydrogens is 334 g/mol. The van der Waals surface area contributed by atoms with E-state index in [9.17, 15) is 13.2 Å². The van der Waals surface area contributed by atoms with Crippen LogP contribution in [0.5, 0.6) is 0 Å². The van der Waals surface area contributed by atoms with Gasteiger partial charge in [0.1, 0.15) is 0 Å². The van der Waals surface area contributed by atoms with Crippen LogP contribution >= 0.6 is 11.6 Å². The molecule has 1 aromatic carbocycles. The van der Waals surface area contributed by atoms with Crippen molar-refractivity contribution in [2.24, 2.45) is 7.05 Å². The molecule has 0 saturated heterocycles. The third-order valence-corrected chi connectivity index (χ3v) is 4.60. The van der Waals surface area contributed by atoms with E-state index in [0.29, 0.717) is 5.56 Å². The lowest BCUT2D eigenvalue weighted by atomic mass is 10.1. The number of sulfonamides is 1. The topological polar surface area (TPSA) is 127 Å². The first-order valence-corrected chi connectivity index (χ1v) is 7.83. The summed E-state index contributed by atoms with van der Waals surface area (Å²) >= 11 is 5.90. The van der Waals surface area contributed by atoms with Crippen molar-refractivity contribution >= 4 is 27.6 Å². The molecular formula is C11H12ClN5O4S. The van der Waals surface area contributed by atoms with E-state index >= 15 is 0 Å². The fourth-order valence-electron chi connectivity index (χ4n) is 1.67. The van der Waals surface area contributed by atoms with Gasteiger partial charge in [-0.2, -0.15) is 4.80 Å². The second kappa shape index (κ2) is 5.99. The van der Waals surface area contributed by atoms with Crippen LogP contribution in [0, 0.1) is 6.92 Å². The molecule has 0 bridgehead atoms. The van der Waals surface area contributed by atoms with Gasteiger partial charge < -0.3 is 5.11 Å². The Labute approximate surface area is 131 Å². The molecule has 0 saturated carbocycles. The number of aromatic carboxylic acids is 1. The molecule has 0 atom stereocenters. The maximum Gasteiger partial charge on any atom is 0.336 e. The molecule has 2 rings (SSSR count). The van der Waals surface area contributed by atoms with Gasteiger partial charge in [-0.15, -0.1) is 10.2 Å². The Kier molecular flexibility index (Phi) is 4.44. The van der Waals surface area contributed by atoms with E-state index in [2.05, 4.69) is 20.1 Å². The average Bonchev–Trinajstić information content (AvgIpc) is 2.85. The Bertz CT molecular complexity index is 833. The van der Waals surface area contributed by atoms with Crippen molar-refractivity contribution in [3.05, 3.63) is 34.1 Å². The van der Waals surface area contributed by atoms with Gasteiger partial charge >= 0.3 is 5.97 Å². The number of tetrazole rings is 1. The molecule has 2 N–H and O–H groups in total. The minimum Gasteiger partial charge on any atom is -0.478 e. The highest BCUT2D eigenvalue weighted by atomic mass is 35.5. The number of hydrogen-bond donors (Lipinski definition) is 2. The molecule has 0 unspecified atom stereocenters. The van der Waals surface area contributed by atoms with Crippen molar-refractivity contribution in [1.82, 2.24) is 24.9 Å². The first-order chi connectivity index (χ1) is 10.2. The summed E-state index contributed by atoms with van der Waals surface area (Å²) in [4.78, 5) is 12.1. The monoisotopic (exact) mass is 345 g/mol. The van der Waals surface area contributed by atoms with Gasteiger partial charge in [0.2, 0.25) is 10.0 Å². The SMILES string of the molecule is Cc1c(Cl)cc(S(=O)(=O)NCc2nnn(C)n2)cc1C(=O)O. The Hall–Kier alpha value is -2.04. The largest absolute Gasteiger partial charge is 0.478 e. The second-order valence-corrected chi connectivity index (χ2v) is 6.58. The Morgan fingerprint density at radius 3 is 2.68 bits per heavy atom. The second-order valence-electron chi connectivity index (χ2n) is 4.40. The summed E-state index contributed by atoms with van der Waals surface area (Å²) in [7, 11) is -2.41. The van der Waals surface area contributed by atoms with Gasteiger partial charge in [-0.1, -0.05) is 11.6 Å². The first kappa shape index (κ1) is 16.3. The number of aryl methyl sites for hydroxylation is 1. The standard InChI is InChI=1S/C11H12ClN5O4S/c1-6-8(11(18)19)3-7(4-9(6)12)22(20,21)13-5-10-14-16-17(2)15-10/h3-4,13H,5H2,1-2H3,(H,18,19). The highest BCUT2D eigenvalue weighted by Crippen LogP contribution is 2.24. The van der Waals surface area contributed by atoms with Gasteiger partial charge in [0.05, 0.1) is 24.1 Å². The van der Waals surface area contributed by atoms with E-state index in [4.69, 9.17) is 16.7 Å². The summed E-state index contributed by atoms with van der Waals surface area (Å²) in [6.45, 7) is 1.32. The fraction of sp³-hybridized carbons (Fsp3) is 0.273. The van der Waals surface area contributed by atoms with Crippen LogP contribution in [0.4, 0.5) is 0 Å². The van der Waals surface area contributed by atoms with Gasteiger partial charge in [0, 0.05) is 5.02 Å². The quantitative estimate of drug-likeness (QED) is 0.800. The number of rotatable bonds is 5. The summed E-state index contributed by atoms with van der Waals surface area (Å²) in [5.41, 5.74) is 0.120. The number of nitrogens with zero attached hydrogens (tertiary/aromatic N) is 4. The van der Waals surface area contributed by atoms with Crippen molar-refractivity contribution in [2.45, 2.75) is 18.4 Å². The molecule has 2 aromatic rings. The van der Waals surface area contributed by atoms with Gasteiger partial charge in [-0.3, -0.25) is 0 Å². The van der Waals surface area contributed by atoms with E-state index < -0.39 is 16.0 Å². The third-order valence-electron chi connectivity index (χ3n) is 2.83. The lowest BCUT2D eigenvalue weighted by molar-refractivity contribution is 0.0696. The summed E-state index contributed by atoms with van der Waals surface area (Å²) < 4.78 is 26.7. The molecule has 9 nitrogen and oxygen atoms in total. The Morgan fingerprint density at radius 1 is 1.45 bits per heavy atom. The van der Waals surface area contributed by atoms with Crippen molar-refractivity contribution < 1.29 is 18.3 Å². The molecule has 0 aliphatic rings. The van der Waals surface area contributed by atoms with Gasteiger partial charge in [0.15, 0.2) is 5.82 Å². The summed E-state index contributed by atoms with van der Waals surface area (Å²) in [6, 6.07) is 2.24. The average molecular weight is 346 g/mol. The minimum absolute atomic E-state index is 0.0536. The first-order valence-electron chi connectivity index (χ1n) is 5.96. The van der Waals surface area contributed by atoms with Gasteiger partial charge in [0.25, 0.3) is 0 Å². The van der Waals surface area contributed by atoms with Crippen molar-refractivity contribution in [2.75, 3.05) is 0 Å². The van der Waals surface area contributed by atoms with Crippen LogP contribution in [0.2, 0.25) is 5.02 Å². The van der Waals surface area contributed by atoms with Crippen LogP contribution in [0.25, 0.3) is 0 Å². The number of carboxylic acids is 1. The number of nitrogens with one attached hydrogen (secondary N) is 1. The van der Waals surface area contributed by atoms with Crippen LogP contribution in [-0.4, -0.2) is 39.7 Å². The Morgan fingerprint density at radius 2 is 2.14 bits per heavy atom. The van der Waals surface area contributed by atoms with E-state index in [1.54, 1.807) is 7.05 Å². The molecule has 118 valence electrons. The highest BCUT2D eigenvalue weighted by molar-refractivity contribution is 7.89. The summed E-state index contributed by atoms with van der Waals surface area (Å²) in [6.07, 6.45) is 0. The van der Waals surface area contributed by atoms with E-state index in [1.807, 2.05) is 0 Å². The zero-order valence-electron chi connectivity index (χ0n) is 11.6. The lowest BCUT2D eigenvalue weighted by Gasteiger charge is -2.09. The Balaban J connectivity index is 2.31. The predicted molar refractivity (Wildman–Crippen MR) is 76.0 cm³/mol. The maximum atomic E-state index is 12.2. The summed E-state index contributed by atoms with van der Waals surface area (Å²) in [5, 5.41) is 20.2. The molecule has 22 heavy (non-hydrogen) atoms. The van der Waals surface area contributed by atoms with Crippen LogP contribution in [-0.2, 0) is 23.6 Å². The molecule has 0 aliphatic carbocycles. The molecule has 11 heteroatoms. The smallest absolute Gasteiger partial charge is 0.336 e. The zero-order chi connectivity index (χ0) is 16.5. The molecule has 0 aliphatic heterocycles. The molecule has 1 heterocycles. The van der Waals surface area contributed by atoms with E-state index in [1.165, 1.54) is 17.8 Å². The highest BCUT2D eigenvalue weighted by Gasteiger charge is 2.20. The number of carboxylic acid groups (broad SMARTS) is 1. The van der Waals surface area contributed by atoms with Gasteiger partial charge in [-0.25, -0.2) is 17.9 Å². The molecule has 0 spiro atoms. The summed E-state index contributed by atoms with van der Waals surface area (Å²) in [5.74, 6) is -1.07. The minimum atomic E-state index is -3.96. The number of halogens is 1. The molecule has 1 aromatic heterocycles. The van der Waals surface area contributed by atoms with E-state index in [-0.39, 0.29) is 27.9 Å². The van der Waals surface area contributed by atoms with Crippen molar-refractivity contribution in [3.8, 4) is 0 Å². The third kappa shape index (κ3) is 3.40. The van der Waals surface area contributed by atoms with Crippen molar-refractivity contribution in [1.29, 1.82) is 0 Å². The van der Waals surface area contributed by atoms with Crippen LogP contribution in [0.3, 0.4) is 0 Å². The van der Waals surface area contributed by atoms with Crippen LogP contribution in [0.1, 0.15) is 21.7 Å². The predicted octanol–water partition coefficient (Wildman–Crippen LogP) is 0.349. The normalized spacial score (nSPS) is 11.6. The number of aromatic nitrogens is 4. The van der Waals surface area contributed by atoms with E-state index in [0.717, 1.165) is 6.07 Å². The van der Waals surface area contributed by atoms with Gasteiger partial charge in [-0.05, 0) is 29.8 Å². The van der Waals surface area contributed by atoms with Crippen molar-refractivity contribution in [3.63, 3.8) is 0 Å². The lowest BCUT2D eigenvalue weighted by Crippen LogP contribution is -2.24. The molecule has 0 amide bonds. The maximum absolute atomic E-state index is 12.2. The zero-order valence-corrected chi connectivity index (χ0v) is 13.2. The van der Waals surface area contributed by atoms with Crippen LogP contribution < -0.4 is 4.72 Å².